The minimum absolute atomic E-state index is 0.0819. The molecule has 2 aromatic heterocycles. The van der Waals surface area contributed by atoms with Crippen LogP contribution in [-0.2, 0) is 11.0 Å². The SMILES string of the molecule is Cc1cnccc1N1CCC2(CCCN(c3ccc(C(F)(F)F)cn3)C2)C1=O. The molecule has 0 bridgehead atoms. The number of alkyl halides is 3. The van der Waals surface area contributed by atoms with Crippen LogP contribution in [0, 0.1) is 12.3 Å². The van der Waals surface area contributed by atoms with Gasteiger partial charge in [-0.25, -0.2) is 4.98 Å². The van der Waals surface area contributed by atoms with Crippen molar-refractivity contribution in [2.45, 2.75) is 32.4 Å². The Kier molecular flexibility index (Phi) is 4.51. The molecule has 5 nitrogen and oxygen atoms in total. The number of pyridine rings is 2. The minimum Gasteiger partial charge on any atom is -0.356 e. The van der Waals surface area contributed by atoms with Gasteiger partial charge in [0.25, 0.3) is 0 Å². The third-order valence-corrected chi connectivity index (χ3v) is 5.77. The maximum atomic E-state index is 13.3. The predicted molar refractivity (Wildman–Crippen MR) is 99.1 cm³/mol. The highest BCUT2D eigenvalue weighted by Crippen LogP contribution is 2.43. The van der Waals surface area contributed by atoms with E-state index >= 15 is 0 Å². The highest BCUT2D eigenvalue weighted by molar-refractivity contribution is 6.00. The lowest BCUT2D eigenvalue weighted by atomic mass is 9.78. The van der Waals surface area contributed by atoms with Crippen molar-refractivity contribution in [3.8, 4) is 0 Å². The van der Waals surface area contributed by atoms with Gasteiger partial charge in [-0.3, -0.25) is 9.78 Å². The van der Waals surface area contributed by atoms with E-state index in [9.17, 15) is 18.0 Å². The largest absolute Gasteiger partial charge is 0.417 e. The number of rotatable bonds is 2. The number of halogens is 3. The zero-order valence-corrected chi connectivity index (χ0v) is 15.5. The van der Waals surface area contributed by atoms with Crippen molar-refractivity contribution < 1.29 is 18.0 Å². The van der Waals surface area contributed by atoms with E-state index in [0.717, 1.165) is 42.8 Å². The van der Waals surface area contributed by atoms with E-state index in [0.29, 0.717) is 25.5 Å². The Labute approximate surface area is 161 Å². The molecule has 1 atom stereocenters. The first-order valence-electron chi connectivity index (χ1n) is 9.31. The zero-order valence-electron chi connectivity index (χ0n) is 15.5. The summed E-state index contributed by atoms with van der Waals surface area (Å²) in [5, 5.41) is 0. The molecule has 2 aliphatic heterocycles. The van der Waals surface area contributed by atoms with E-state index in [1.807, 2.05) is 22.8 Å². The molecule has 1 unspecified atom stereocenters. The van der Waals surface area contributed by atoms with Gasteiger partial charge >= 0.3 is 6.18 Å². The van der Waals surface area contributed by atoms with E-state index < -0.39 is 17.2 Å². The Hall–Kier alpha value is -2.64. The summed E-state index contributed by atoms with van der Waals surface area (Å²) >= 11 is 0. The summed E-state index contributed by atoms with van der Waals surface area (Å²) in [4.78, 5) is 25.2. The molecular weight excluding hydrogens is 369 g/mol. The molecule has 2 aliphatic rings. The quantitative estimate of drug-likeness (QED) is 0.782. The van der Waals surface area contributed by atoms with Crippen LogP contribution in [0.2, 0.25) is 0 Å². The summed E-state index contributed by atoms with van der Waals surface area (Å²) < 4.78 is 38.3. The molecule has 4 heterocycles. The molecule has 0 aliphatic carbocycles. The van der Waals surface area contributed by atoms with Crippen LogP contribution in [0.1, 0.15) is 30.4 Å². The van der Waals surface area contributed by atoms with Gasteiger partial charge in [-0.2, -0.15) is 13.2 Å². The van der Waals surface area contributed by atoms with Gasteiger partial charge in [-0.05, 0) is 49.9 Å². The Morgan fingerprint density at radius 1 is 1.11 bits per heavy atom. The van der Waals surface area contributed by atoms with Crippen LogP contribution in [0.15, 0.2) is 36.8 Å². The number of hydrogen-bond acceptors (Lipinski definition) is 4. The van der Waals surface area contributed by atoms with E-state index in [-0.39, 0.29) is 5.91 Å². The number of aromatic nitrogens is 2. The van der Waals surface area contributed by atoms with Crippen LogP contribution >= 0.6 is 0 Å². The first-order chi connectivity index (χ1) is 13.3. The van der Waals surface area contributed by atoms with Gasteiger partial charge in [0.1, 0.15) is 5.82 Å². The first kappa shape index (κ1) is 18.7. The Morgan fingerprint density at radius 2 is 1.93 bits per heavy atom. The molecule has 1 amide bonds. The molecular formula is C20H21F3N4O. The molecule has 0 N–H and O–H groups in total. The number of carbonyl (C=O) groups is 1. The molecule has 1 spiro atoms. The van der Waals surface area contributed by atoms with E-state index in [4.69, 9.17) is 0 Å². The molecule has 2 saturated heterocycles. The Bertz CT molecular complexity index is 884. The standard InChI is InChI=1S/C20H21F3N4O/c1-14-11-24-8-5-16(14)27-10-7-19(18(27)28)6-2-9-26(13-19)17-4-3-15(12-25-17)20(21,22)23/h3-5,8,11-12H,2,6-7,9-10,13H2,1H3. The summed E-state index contributed by atoms with van der Waals surface area (Å²) in [7, 11) is 0. The van der Waals surface area contributed by atoms with Crippen molar-refractivity contribution in [2.24, 2.45) is 5.41 Å². The maximum Gasteiger partial charge on any atom is 0.417 e. The third-order valence-electron chi connectivity index (χ3n) is 5.77. The molecule has 4 rings (SSSR count). The van der Waals surface area contributed by atoms with Crippen molar-refractivity contribution in [1.29, 1.82) is 0 Å². The second-order valence-corrected chi connectivity index (χ2v) is 7.58. The lowest BCUT2D eigenvalue weighted by Crippen LogP contribution is -2.48. The highest BCUT2D eigenvalue weighted by atomic mass is 19.4. The summed E-state index contributed by atoms with van der Waals surface area (Å²) in [6.45, 7) is 3.73. The molecule has 8 heteroatoms. The summed E-state index contributed by atoms with van der Waals surface area (Å²) in [5.74, 6) is 0.567. The number of carbonyl (C=O) groups excluding carboxylic acids is 1. The van der Waals surface area contributed by atoms with Gasteiger partial charge in [-0.15, -0.1) is 0 Å². The Morgan fingerprint density at radius 3 is 2.61 bits per heavy atom. The van der Waals surface area contributed by atoms with Gasteiger partial charge in [0.15, 0.2) is 0 Å². The van der Waals surface area contributed by atoms with Crippen LogP contribution < -0.4 is 9.80 Å². The number of piperidine rings is 1. The highest BCUT2D eigenvalue weighted by Gasteiger charge is 2.49. The number of aryl methyl sites for hydroxylation is 1. The van der Waals surface area contributed by atoms with E-state index in [1.165, 1.54) is 6.07 Å². The molecule has 2 aromatic rings. The van der Waals surface area contributed by atoms with Crippen LogP contribution in [0.5, 0.6) is 0 Å². The second kappa shape index (κ2) is 6.76. The molecule has 2 fully saturated rings. The smallest absolute Gasteiger partial charge is 0.356 e. The summed E-state index contributed by atoms with van der Waals surface area (Å²) in [6, 6.07) is 4.29. The van der Waals surface area contributed by atoms with Crippen molar-refractivity contribution in [1.82, 2.24) is 9.97 Å². The molecule has 0 radical (unpaired) electrons. The lowest BCUT2D eigenvalue weighted by Gasteiger charge is -2.39. The van der Waals surface area contributed by atoms with Gasteiger partial charge in [0.2, 0.25) is 5.91 Å². The molecule has 0 aromatic carbocycles. The van der Waals surface area contributed by atoms with Crippen molar-refractivity contribution in [3.05, 3.63) is 47.9 Å². The van der Waals surface area contributed by atoms with Gasteiger partial charge < -0.3 is 9.80 Å². The number of hydrogen-bond donors (Lipinski definition) is 0. The van der Waals surface area contributed by atoms with Gasteiger partial charge in [0.05, 0.1) is 11.0 Å². The average molecular weight is 390 g/mol. The Balaban J connectivity index is 1.55. The monoisotopic (exact) mass is 390 g/mol. The fourth-order valence-corrected chi connectivity index (χ4v) is 4.27. The van der Waals surface area contributed by atoms with Crippen molar-refractivity contribution in [3.63, 3.8) is 0 Å². The number of amides is 1. The molecule has 148 valence electrons. The second-order valence-electron chi connectivity index (χ2n) is 7.58. The van der Waals surface area contributed by atoms with Crippen LogP contribution in [0.3, 0.4) is 0 Å². The normalized spacial score (nSPS) is 22.9. The van der Waals surface area contributed by atoms with E-state index in [1.54, 1.807) is 12.4 Å². The van der Waals surface area contributed by atoms with Crippen molar-refractivity contribution in [2.75, 3.05) is 29.4 Å². The third kappa shape index (κ3) is 3.21. The summed E-state index contributed by atoms with van der Waals surface area (Å²) in [5.41, 5.74) is 0.545. The van der Waals surface area contributed by atoms with Gasteiger partial charge in [-0.1, -0.05) is 0 Å². The number of anilines is 2. The molecule has 28 heavy (non-hydrogen) atoms. The van der Waals surface area contributed by atoms with E-state index in [2.05, 4.69) is 9.97 Å². The maximum absolute atomic E-state index is 13.3. The topological polar surface area (TPSA) is 49.3 Å². The zero-order chi connectivity index (χ0) is 19.9. The van der Waals surface area contributed by atoms with Crippen LogP contribution in [0.25, 0.3) is 0 Å². The fraction of sp³-hybridized carbons (Fsp3) is 0.450. The predicted octanol–water partition coefficient (Wildman–Crippen LogP) is 3.83. The lowest BCUT2D eigenvalue weighted by molar-refractivity contribution is -0.137. The summed E-state index contributed by atoms with van der Waals surface area (Å²) in [6.07, 6.45) is 2.19. The van der Waals surface area contributed by atoms with Gasteiger partial charge in [0, 0.05) is 43.9 Å². The fourth-order valence-electron chi connectivity index (χ4n) is 4.27. The van der Waals surface area contributed by atoms with Crippen LogP contribution in [-0.4, -0.2) is 35.5 Å². The average Bonchev–Trinajstić information content (AvgIpc) is 2.97. The van der Waals surface area contributed by atoms with Crippen molar-refractivity contribution >= 4 is 17.4 Å². The molecule has 0 saturated carbocycles. The van der Waals surface area contributed by atoms with Crippen LogP contribution in [0.4, 0.5) is 24.7 Å². The minimum atomic E-state index is -4.40. The first-order valence-corrected chi connectivity index (χ1v) is 9.31. The number of nitrogens with zero attached hydrogens (tertiary/aromatic N) is 4.